The van der Waals surface area contributed by atoms with Gasteiger partial charge >= 0.3 is 5.97 Å². The molecule has 0 spiro atoms. The van der Waals surface area contributed by atoms with E-state index in [0.717, 1.165) is 0 Å². The first-order valence-electron chi connectivity index (χ1n) is 7.64. The van der Waals surface area contributed by atoms with Gasteiger partial charge in [-0.2, -0.15) is 0 Å². The summed E-state index contributed by atoms with van der Waals surface area (Å²) in [5, 5.41) is 20.3. The summed E-state index contributed by atoms with van der Waals surface area (Å²) in [4.78, 5) is 12.4. The van der Waals surface area contributed by atoms with Crippen LogP contribution in [0.25, 0.3) is 0 Å². The van der Waals surface area contributed by atoms with Crippen molar-refractivity contribution in [2.75, 3.05) is 7.11 Å². The van der Waals surface area contributed by atoms with E-state index >= 15 is 0 Å². The quantitative estimate of drug-likeness (QED) is 0.748. The molecule has 0 amide bonds. The zero-order valence-corrected chi connectivity index (χ0v) is 14.2. The molecule has 8 nitrogen and oxygen atoms in total. The van der Waals surface area contributed by atoms with Crippen LogP contribution < -0.4 is 0 Å². The number of hydrogen-bond donors (Lipinski definition) is 2. The van der Waals surface area contributed by atoms with Crippen LogP contribution in [0.5, 0.6) is 0 Å². The van der Waals surface area contributed by atoms with Crippen LogP contribution in [-0.2, 0) is 30.3 Å². The summed E-state index contributed by atoms with van der Waals surface area (Å²) < 4.78 is 26.4. The van der Waals surface area contributed by atoms with Crippen LogP contribution in [-0.4, -0.2) is 59.6 Å². The topological polar surface area (TPSA) is 108 Å². The molecule has 0 saturated carbocycles. The summed E-state index contributed by atoms with van der Waals surface area (Å²) in [6.45, 7) is 5.21. The van der Waals surface area contributed by atoms with Crippen LogP contribution in [0.1, 0.15) is 26.5 Å². The first-order valence-corrected chi connectivity index (χ1v) is 7.64. The molecule has 1 fully saturated rings. The lowest BCUT2D eigenvalue weighted by atomic mass is 9.97. The van der Waals surface area contributed by atoms with Crippen molar-refractivity contribution in [1.29, 1.82) is 0 Å². The van der Waals surface area contributed by atoms with E-state index in [1.54, 1.807) is 32.9 Å². The molecule has 1 aromatic rings. The minimum atomic E-state index is -1.37. The van der Waals surface area contributed by atoms with Crippen molar-refractivity contribution in [3.05, 3.63) is 24.2 Å². The maximum Gasteiger partial charge on any atom is 0.338 e. The van der Waals surface area contributed by atoms with E-state index in [2.05, 4.69) is 0 Å². The lowest BCUT2D eigenvalue weighted by Gasteiger charge is -2.42. The summed E-state index contributed by atoms with van der Waals surface area (Å²) in [7, 11) is 1.30. The van der Waals surface area contributed by atoms with Gasteiger partial charge in [-0.1, -0.05) is 0 Å². The Kier molecular flexibility index (Phi) is 6.00. The fourth-order valence-corrected chi connectivity index (χ4v) is 2.38. The van der Waals surface area contributed by atoms with E-state index in [1.807, 2.05) is 0 Å². The van der Waals surface area contributed by atoms with Gasteiger partial charge in [0.25, 0.3) is 0 Å². The van der Waals surface area contributed by atoms with Crippen molar-refractivity contribution in [3.8, 4) is 0 Å². The van der Waals surface area contributed by atoms with E-state index in [4.69, 9.17) is 23.4 Å². The third kappa shape index (κ3) is 4.55. The van der Waals surface area contributed by atoms with Gasteiger partial charge in [-0.3, -0.25) is 0 Å². The van der Waals surface area contributed by atoms with Crippen molar-refractivity contribution >= 4 is 5.97 Å². The number of rotatable bonds is 5. The first-order chi connectivity index (χ1) is 11.2. The van der Waals surface area contributed by atoms with Crippen LogP contribution in [0.4, 0.5) is 0 Å². The predicted octanol–water partition coefficient (Wildman–Crippen LogP) is 0.600. The highest BCUT2D eigenvalue weighted by molar-refractivity contribution is 5.75. The number of esters is 1. The molecule has 8 heteroatoms. The Labute approximate surface area is 140 Å². The Bertz CT molecular complexity index is 521. The zero-order chi connectivity index (χ0) is 17.9. The van der Waals surface area contributed by atoms with Gasteiger partial charge in [0.1, 0.15) is 30.7 Å². The number of carbonyl (C=O) groups is 1. The highest BCUT2D eigenvalue weighted by Crippen LogP contribution is 2.28. The van der Waals surface area contributed by atoms with E-state index in [-0.39, 0.29) is 6.61 Å². The van der Waals surface area contributed by atoms with E-state index < -0.39 is 42.3 Å². The molecule has 0 aromatic carbocycles. The molecule has 0 radical (unpaired) electrons. The van der Waals surface area contributed by atoms with Crippen LogP contribution >= 0.6 is 0 Å². The van der Waals surface area contributed by atoms with Crippen LogP contribution in [0.2, 0.25) is 0 Å². The number of methoxy groups -OCH3 is 1. The monoisotopic (exact) mass is 344 g/mol. The van der Waals surface area contributed by atoms with Gasteiger partial charge in [0.2, 0.25) is 0 Å². The second-order valence-corrected chi connectivity index (χ2v) is 6.52. The molecule has 1 aliphatic rings. The molecule has 0 aliphatic carbocycles. The summed E-state index contributed by atoms with van der Waals surface area (Å²) in [6.07, 6.45) is -4.77. The fourth-order valence-electron chi connectivity index (χ4n) is 2.38. The normalized spacial score (nSPS) is 31.0. The molecule has 2 heterocycles. The SMILES string of the molecule is CO[C@@H]1OC(C(=O)OCc2ccco2)[C@@H](OC(C)(C)C)C(O)[C@@H]1O. The minimum Gasteiger partial charge on any atom is -0.466 e. The molecule has 2 N–H and O–H groups in total. The fraction of sp³-hybridized carbons (Fsp3) is 0.688. The first kappa shape index (κ1) is 18.9. The molecule has 136 valence electrons. The third-order valence-electron chi connectivity index (χ3n) is 3.44. The van der Waals surface area contributed by atoms with Gasteiger partial charge in [-0.25, -0.2) is 4.79 Å². The lowest BCUT2D eigenvalue weighted by molar-refractivity contribution is -0.305. The average Bonchev–Trinajstić information content (AvgIpc) is 3.02. The second-order valence-electron chi connectivity index (χ2n) is 6.52. The van der Waals surface area contributed by atoms with E-state index in [9.17, 15) is 15.0 Å². The summed E-state index contributed by atoms with van der Waals surface area (Å²) in [5.41, 5.74) is -0.672. The maximum atomic E-state index is 12.4. The van der Waals surface area contributed by atoms with Crippen LogP contribution in [0.15, 0.2) is 22.8 Å². The molecule has 2 unspecified atom stereocenters. The summed E-state index contributed by atoms with van der Waals surface area (Å²) in [5.74, 6) is -0.273. The summed E-state index contributed by atoms with van der Waals surface area (Å²) >= 11 is 0. The Balaban J connectivity index is 2.12. The van der Waals surface area contributed by atoms with Crippen molar-refractivity contribution < 1.29 is 38.4 Å². The highest BCUT2D eigenvalue weighted by Gasteiger charge is 2.50. The van der Waals surface area contributed by atoms with Crippen LogP contribution in [0, 0.1) is 0 Å². The summed E-state index contributed by atoms with van der Waals surface area (Å²) in [6, 6.07) is 3.33. The standard InChI is InChI=1S/C16H24O8/c1-16(2,3)24-12-10(17)11(18)15(20-4)23-13(12)14(19)22-8-9-6-5-7-21-9/h5-7,10-13,15,17-18H,8H2,1-4H3/t10?,11-,12-,13?,15+/m0/s1. The predicted molar refractivity (Wildman–Crippen MR) is 80.8 cm³/mol. The Morgan fingerprint density at radius 2 is 2.00 bits per heavy atom. The highest BCUT2D eigenvalue weighted by atomic mass is 16.7. The van der Waals surface area contributed by atoms with E-state index in [0.29, 0.717) is 5.76 Å². The largest absolute Gasteiger partial charge is 0.466 e. The van der Waals surface area contributed by atoms with Crippen molar-refractivity contribution in [3.63, 3.8) is 0 Å². The Hall–Kier alpha value is -1.45. The average molecular weight is 344 g/mol. The van der Waals surface area contributed by atoms with Gasteiger partial charge in [0.15, 0.2) is 12.4 Å². The molecule has 2 rings (SSSR count). The number of carbonyl (C=O) groups excluding carboxylic acids is 1. The van der Waals surface area contributed by atoms with Crippen molar-refractivity contribution in [2.45, 2.75) is 63.7 Å². The third-order valence-corrected chi connectivity index (χ3v) is 3.44. The van der Waals surface area contributed by atoms with Crippen molar-refractivity contribution in [1.82, 2.24) is 0 Å². The Morgan fingerprint density at radius 1 is 1.29 bits per heavy atom. The minimum absolute atomic E-state index is 0.0791. The number of hydrogen-bond acceptors (Lipinski definition) is 8. The molecule has 1 saturated heterocycles. The smallest absolute Gasteiger partial charge is 0.338 e. The zero-order valence-electron chi connectivity index (χ0n) is 14.2. The van der Waals surface area contributed by atoms with Gasteiger partial charge in [-0.15, -0.1) is 0 Å². The molecule has 0 bridgehead atoms. The maximum absolute atomic E-state index is 12.4. The van der Waals surface area contributed by atoms with Gasteiger partial charge in [0.05, 0.1) is 11.9 Å². The number of aliphatic hydroxyl groups is 2. The van der Waals surface area contributed by atoms with Gasteiger partial charge < -0.3 is 33.6 Å². The number of ether oxygens (including phenoxy) is 4. The molecule has 5 atom stereocenters. The second kappa shape index (κ2) is 7.62. The van der Waals surface area contributed by atoms with Crippen LogP contribution in [0.3, 0.4) is 0 Å². The van der Waals surface area contributed by atoms with Gasteiger partial charge in [0, 0.05) is 7.11 Å². The molecule has 1 aromatic heterocycles. The lowest BCUT2D eigenvalue weighted by Crippen LogP contribution is -2.62. The molecule has 1 aliphatic heterocycles. The van der Waals surface area contributed by atoms with E-state index in [1.165, 1.54) is 13.4 Å². The van der Waals surface area contributed by atoms with Gasteiger partial charge in [-0.05, 0) is 32.9 Å². The molecule has 24 heavy (non-hydrogen) atoms. The number of aliphatic hydroxyl groups excluding tert-OH is 2. The number of furan rings is 1. The Morgan fingerprint density at radius 3 is 2.54 bits per heavy atom. The molecular formula is C16H24O8. The molecular weight excluding hydrogens is 320 g/mol. The van der Waals surface area contributed by atoms with Crippen molar-refractivity contribution in [2.24, 2.45) is 0 Å².